The fraction of sp³-hybridized carbons (Fsp3) is 0.944. The zero-order chi connectivity index (χ0) is 44.2. The number of carbonyl (C=O) groups excluding carboxylic acids is 3. The molecule has 4 atom stereocenters. The lowest BCUT2D eigenvalue weighted by Crippen LogP contribution is -2.30. The molecule has 0 aromatic heterocycles. The lowest BCUT2D eigenvalue weighted by atomic mass is 9.99. The molecule has 0 aliphatic rings. The number of esters is 3. The average molecular weight is 849 g/mol. The number of rotatable bonds is 47. The van der Waals surface area contributed by atoms with Gasteiger partial charge in [0.05, 0.1) is 0 Å². The van der Waals surface area contributed by atoms with Crippen molar-refractivity contribution in [3.05, 3.63) is 0 Å². The molecule has 356 valence electrons. The Balaban J connectivity index is 4.30. The predicted molar refractivity (Wildman–Crippen MR) is 256 cm³/mol. The molecule has 0 aromatic carbocycles. The molecule has 6 heteroatoms. The van der Waals surface area contributed by atoms with Gasteiger partial charge in [-0.3, -0.25) is 14.4 Å². The SMILES string of the molecule is CCC(C)CCCCCCCCCCCCCCCCC(=O)O[C@H](COC(=O)CCCCCCCCCCCCC(C)CC)COC(=O)CCCCCCCCC(C)CC. The molecule has 3 unspecified atom stereocenters. The molecule has 0 spiro atoms. The highest BCUT2D eigenvalue weighted by Crippen LogP contribution is 2.19. The van der Waals surface area contributed by atoms with Crippen LogP contribution in [0.4, 0.5) is 0 Å². The first-order chi connectivity index (χ1) is 29.2. The summed E-state index contributed by atoms with van der Waals surface area (Å²) < 4.78 is 16.8. The Morgan fingerprint density at radius 1 is 0.317 bits per heavy atom. The van der Waals surface area contributed by atoms with E-state index in [-0.39, 0.29) is 31.1 Å². The summed E-state index contributed by atoms with van der Waals surface area (Å²) in [7, 11) is 0. The third-order valence-electron chi connectivity index (χ3n) is 13.2. The second-order valence-electron chi connectivity index (χ2n) is 19.2. The van der Waals surface area contributed by atoms with E-state index in [2.05, 4.69) is 41.5 Å². The van der Waals surface area contributed by atoms with Crippen molar-refractivity contribution in [2.45, 2.75) is 298 Å². The average Bonchev–Trinajstić information content (AvgIpc) is 3.25. The van der Waals surface area contributed by atoms with Gasteiger partial charge in [-0.15, -0.1) is 0 Å². The minimum absolute atomic E-state index is 0.0652. The van der Waals surface area contributed by atoms with Crippen LogP contribution in [0, 0.1) is 17.8 Å². The van der Waals surface area contributed by atoms with Crippen LogP contribution < -0.4 is 0 Å². The zero-order valence-corrected chi connectivity index (χ0v) is 41.3. The minimum atomic E-state index is -0.763. The van der Waals surface area contributed by atoms with Crippen molar-refractivity contribution in [2.24, 2.45) is 17.8 Å². The minimum Gasteiger partial charge on any atom is -0.462 e. The first kappa shape index (κ1) is 58.4. The Bertz CT molecular complexity index is 935. The fourth-order valence-corrected chi connectivity index (χ4v) is 8.02. The molecule has 60 heavy (non-hydrogen) atoms. The Morgan fingerprint density at radius 3 is 0.783 bits per heavy atom. The van der Waals surface area contributed by atoms with Crippen LogP contribution in [0.1, 0.15) is 292 Å². The van der Waals surface area contributed by atoms with Crippen molar-refractivity contribution < 1.29 is 28.6 Å². The molecule has 0 aliphatic heterocycles. The van der Waals surface area contributed by atoms with Gasteiger partial charge in [0, 0.05) is 19.3 Å². The van der Waals surface area contributed by atoms with E-state index < -0.39 is 6.10 Å². The number of carbonyl (C=O) groups is 3. The monoisotopic (exact) mass is 849 g/mol. The van der Waals surface area contributed by atoms with Crippen LogP contribution in [-0.4, -0.2) is 37.2 Å². The molecule has 0 fully saturated rings. The second-order valence-corrected chi connectivity index (χ2v) is 19.2. The largest absolute Gasteiger partial charge is 0.462 e. The van der Waals surface area contributed by atoms with E-state index in [1.807, 2.05) is 0 Å². The smallest absolute Gasteiger partial charge is 0.306 e. The maximum Gasteiger partial charge on any atom is 0.306 e. The van der Waals surface area contributed by atoms with Crippen LogP contribution in [0.3, 0.4) is 0 Å². The van der Waals surface area contributed by atoms with Gasteiger partial charge in [-0.2, -0.15) is 0 Å². The first-order valence-electron chi connectivity index (χ1n) is 26.7. The summed E-state index contributed by atoms with van der Waals surface area (Å²) in [6.45, 7) is 13.8. The molecule has 0 heterocycles. The summed E-state index contributed by atoms with van der Waals surface area (Å²) in [5.41, 5.74) is 0. The highest BCUT2D eigenvalue weighted by atomic mass is 16.6. The van der Waals surface area contributed by atoms with Crippen molar-refractivity contribution in [2.75, 3.05) is 13.2 Å². The van der Waals surface area contributed by atoms with Gasteiger partial charge in [0.2, 0.25) is 0 Å². The molecule has 0 radical (unpaired) electrons. The van der Waals surface area contributed by atoms with Crippen LogP contribution in [0.15, 0.2) is 0 Å². The lowest BCUT2D eigenvalue weighted by Gasteiger charge is -2.18. The van der Waals surface area contributed by atoms with Crippen LogP contribution in [0.25, 0.3) is 0 Å². The number of ether oxygens (including phenoxy) is 3. The summed E-state index contributed by atoms with van der Waals surface area (Å²) >= 11 is 0. The Kier molecular flexibility index (Phi) is 44.2. The molecular formula is C54H104O6. The van der Waals surface area contributed by atoms with E-state index in [1.54, 1.807) is 0 Å². The molecule has 0 saturated heterocycles. The maximum absolute atomic E-state index is 12.8. The van der Waals surface area contributed by atoms with Crippen molar-refractivity contribution in [3.63, 3.8) is 0 Å². The van der Waals surface area contributed by atoms with Gasteiger partial charge in [0.25, 0.3) is 0 Å². The number of unbranched alkanes of at least 4 members (excludes halogenated alkanes) is 27. The van der Waals surface area contributed by atoms with Crippen LogP contribution in [-0.2, 0) is 28.6 Å². The molecule has 0 rings (SSSR count). The van der Waals surface area contributed by atoms with Crippen LogP contribution in [0.5, 0.6) is 0 Å². The summed E-state index contributed by atoms with van der Waals surface area (Å²) in [6.07, 6.45) is 45.1. The van der Waals surface area contributed by atoms with Crippen molar-refractivity contribution >= 4 is 17.9 Å². The highest BCUT2D eigenvalue weighted by Gasteiger charge is 2.19. The summed E-state index contributed by atoms with van der Waals surface area (Å²) in [5, 5.41) is 0. The highest BCUT2D eigenvalue weighted by molar-refractivity contribution is 5.71. The molecule has 0 aromatic rings. The van der Waals surface area contributed by atoms with Gasteiger partial charge in [0.1, 0.15) is 13.2 Å². The summed E-state index contributed by atoms with van der Waals surface area (Å²) in [5.74, 6) is 1.72. The van der Waals surface area contributed by atoms with Crippen molar-refractivity contribution in [1.29, 1.82) is 0 Å². The van der Waals surface area contributed by atoms with E-state index in [0.717, 1.165) is 75.5 Å². The molecular weight excluding hydrogens is 745 g/mol. The quantitative estimate of drug-likeness (QED) is 0.0345. The van der Waals surface area contributed by atoms with Gasteiger partial charge in [0.15, 0.2) is 6.10 Å². The van der Waals surface area contributed by atoms with E-state index in [4.69, 9.17) is 14.2 Å². The topological polar surface area (TPSA) is 78.9 Å². The van der Waals surface area contributed by atoms with Gasteiger partial charge in [-0.1, -0.05) is 253 Å². The van der Waals surface area contributed by atoms with Crippen LogP contribution >= 0.6 is 0 Å². The Labute approximate surface area is 374 Å². The van der Waals surface area contributed by atoms with E-state index in [0.29, 0.717) is 19.3 Å². The van der Waals surface area contributed by atoms with Gasteiger partial charge in [-0.05, 0) is 37.0 Å². The van der Waals surface area contributed by atoms with Gasteiger partial charge >= 0.3 is 17.9 Å². The second kappa shape index (κ2) is 45.4. The molecule has 0 bridgehead atoms. The zero-order valence-electron chi connectivity index (χ0n) is 41.3. The van der Waals surface area contributed by atoms with E-state index in [1.165, 1.54) is 173 Å². The molecule has 0 N–H and O–H groups in total. The summed E-state index contributed by atoms with van der Waals surface area (Å²) in [6, 6.07) is 0. The molecule has 0 amide bonds. The Hall–Kier alpha value is -1.59. The van der Waals surface area contributed by atoms with E-state index in [9.17, 15) is 14.4 Å². The van der Waals surface area contributed by atoms with Gasteiger partial charge in [-0.25, -0.2) is 0 Å². The van der Waals surface area contributed by atoms with Crippen molar-refractivity contribution in [1.82, 2.24) is 0 Å². The predicted octanol–water partition coefficient (Wildman–Crippen LogP) is 17.2. The lowest BCUT2D eigenvalue weighted by molar-refractivity contribution is -0.167. The normalized spacial score (nSPS) is 13.5. The van der Waals surface area contributed by atoms with Gasteiger partial charge < -0.3 is 14.2 Å². The third kappa shape index (κ3) is 43.1. The number of hydrogen-bond donors (Lipinski definition) is 0. The molecule has 0 aliphatic carbocycles. The molecule has 0 saturated carbocycles. The fourth-order valence-electron chi connectivity index (χ4n) is 8.02. The summed E-state index contributed by atoms with van der Waals surface area (Å²) in [4.78, 5) is 38.0. The van der Waals surface area contributed by atoms with E-state index >= 15 is 0 Å². The van der Waals surface area contributed by atoms with Crippen LogP contribution in [0.2, 0.25) is 0 Å². The Morgan fingerprint density at radius 2 is 0.533 bits per heavy atom. The maximum atomic E-state index is 12.8. The van der Waals surface area contributed by atoms with Crippen molar-refractivity contribution in [3.8, 4) is 0 Å². The molecule has 6 nitrogen and oxygen atoms in total. The number of hydrogen-bond acceptors (Lipinski definition) is 6. The standard InChI is InChI=1S/C54H104O6/c1-7-48(4)40-34-28-22-18-14-12-10-11-13-15-21-25-33-39-45-54(57)60-51(47-59-53(56)44-38-32-27-26-30-36-42-50(6)9-3)46-58-52(55)43-37-31-24-20-17-16-19-23-29-35-41-49(5)8-2/h48-51H,7-47H2,1-6H3/t48?,49?,50?,51-/m1/s1. The third-order valence-corrected chi connectivity index (χ3v) is 13.2. The first-order valence-corrected chi connectivity index (χ1v) is 26.7.